The molecule has 1 aliphatic heterocycles. The van der Waals surface area contributed by atoms with E-state index in [0.717, 1.165) is 0 Å². The molecule has 0 aromatic carbocycles. The van der Waals surface area contributed by atoms with Crippen LogP contribution in [0.4, 0.5) is 4.79 Å². The van der Waals surface area contributed by atoms with E-state index in [1.54, 1.807) is 20.8 Å². The lowest BCUT2D eigenvalue weighted by Crippen LogP contribution is -2.41. The summed E-state index contributed by atoms with van der Waals surface area (Å²) in [5.74, 6) is 0.0345. The van der Waals surface area contributed by atoms with Crippen molar-refractivity contribution < 1.29 is 24.3 Å². The number of ether oxygens (including phenoxy) is 1. The number of amides is 2. The number of hydrogen-bond donors (Lipinski definition) is 1. The van der Waals surface area contributed by atoms with E-state index in [-0.39, 0.29) is 18.6 Å². The van der Waals surface area contributed by atoms with Crippen LogP contribution in [-0.2, 0) is 14.4 Å². The third-order valence-corrected chi connectivity index (χ3v) is 3.29. The zero-order chi connectivity index (χ0) is 17.8. The third kappa shape index (κ3) is 6.74. The number of carbonyl (C=O) groups is 2. The van der Waals surface area contributed by atoms with Gasteiger partial charge in [0.1, 0.15) is 5.60 Å². The molecule has 2 atom stereocenters. The van der Waals surface area contributed by atoms with Crippen LogP contribution in [0.2, 0.25) is 0 Å². The minimum Gasteiger partial charge on any atom is -0.444 e. The highest BCUT2D eigenvalue weighted by atomic mass is 16.7. The van der Waals surface area contributed by atoms with E-state index in [1.165, 1.54) is 9.96 Å². The van der Waals surface area contributed by atoms with Gasteiger partial charge < -0.3 is 14.7 Å². The quantitative estimate of drug-likeness (QED) is 0.614. The van der Waals surface area contributed by atoms with Gasteiger partial charge in [-0.25, -0.2) is 9.86 Å². The fourth-order valence-electron chi connectivity index (χ4n) is 2.57. The molecule has 1 rings (SSSR count). The lowest BCUT2D eigenvalue weighted by atomic mass is 10.1. The smallest absolute Gasteiger partial charge is 0.410 e. The first-order valence-corrected chi connectivity index (χ1v) is 7.96. The van der Waals surface area contributed by atoms with Crippen molar-refractivity contribution in [1.82, 2.24) is 9.96 Å². The van der Waals surface area contributed by atoms with Gasteiger partial charge in [0.2, 0.25) is 6.41 Å². The van der Waals surface area contributed by atoms with Crippen molar-refractivity contribution in [3.05, 3.63) is 0 Å². The van der Waals surface area contributed by atoms with Crippen molar-refractivity contribution in [2.75, 3.05) is 19.7 Å². The number of hydroxylamine groups is 2. The highest BCUT2D eigenvalue weighted by Gasteiger charge is 2.38. The number of likely N-dealkylation sites (tertiary alicyclic amines) is 1. The maximum absolute atomic E-state index is 12.2. The molecule has 7 heteroatoms. The van der Waals surface area contributed by atoms with Gasteiger partial charge in [-0.05, 0) is 53.9 Å². The maximum Gasteiger partial charge on any atom is 0.410 e. The van der Waals surface area contributed by atoms with Crippen LogP contribution >= 0.6 is 0 Å². The summed E-state index contributed by atoms with van der Waals surface area (Å²) in [5.41, 5.74) is -1.06. The monoisotopic (exact) mass is 330 g/mol. The molecule has 1 heterocycles. The topological polar surface area (TPSA) is 79.3 Å². The molecule has 0 radical (unpaired) electrons. The van der Waals surface area contributed by atoms with Gasteiger partial charge in [0, 0.05) is 6.54 Å². The van der Waals surface area contributed by atoms with E-state index in [9.17, 15) is 14.7 Å². The highest BCUT2D eigenvalue weighted by molar-refractivity contribution is 5.69. The van der Waals surface area contributed by atoms with Crippen LogP contribution in [0.3, 0.4) is 0 Å². The molecule has 1 fully saturated rings. The predicted molar refractivity (Wildman–Crippen MR) is 85.5 cm³/mol. The largest absolute Gasteiger partial charge is 0.444 e. The van der Waals surface area contributed by atoms with Crippen LogP contribution in [-0.4, -0.2) is 64.5 Å². The second kappa shape index (κ2) is 7.49. The summed E-state index contributed by atoms with van der Waals surface area (Å²) in [6, 6.07) is -0.294. The Bertz CT molecular complexity index is 414. The normalized spacial score (nSPS) is 22.1. The van der Waals surface area contributed by atoms with E-state index < -0.39 is 17.3 Å². The third-order valence-electron chi connectivity index (χ3n) is 3.29. The van der Waals surface area contributed by atoms with Crippen molar-refractivity contribution in [2.24, 2.45) is 5.92 Å². The molecule has 1 saturated heterocycles. The van der Waals surface area contributed by atoms with Crippen LogP contribution < -0.4 is 0 Å². The van der Waals surface area contributed by atoms with E-state index in [2.05, 4.69) is 0 Å². The standard InChI is InChI=1S/C16H30N2O5/c1-15(2,3)22-14(21)18-9-12(7-13(18)10-19)8-17(11-20)23-16(4,5)6/h11-13,19H,7-10H2,1-6H3/t12-,13+/m0/s1. The molecule has 23 heavy (non-hydrogen) atoms. The summed E-state index contributed by atoms with van der Waals surface area (Å²) in [5, 5.41) is 10.8. The highest BCUT2D eigenvalue weighted by Crippen LogP contribution is 2.26. The van der Waals surface area contributed by atoms with E-state index in [0.29, 0.717) is 25.9 Å². The Labute approximate surface area is 138 Å². The van der Waals surface area contributed by atoms with Gasteiger partial charge in [0.15, 0.2) is 0 Å². The van der Waals surface area contributed by atoms with E-state index in [1.807, 2.05) is 20.8 Å². The van der Waals surface area contributed by atoms with Gasteiger partial charge in [-0.15, -0.1) is 0 Å². The molecule has 0 aromatic rings. The predicted octanol–water partition coefficient (Wildman–Crippen LogP) is 1.79. The van der Waals surface area contributed by atoms with Crippen molar-refractivity contribution in [3.63, 3.8) is 0 Å². The Hall–Kier alpha value is -1.34. The number of nitrogens with zero attached hydrogens (tertiary/aromatic N) is 2. The molecule has 0 saturated carbocycles. The summed E-state index contributed by atoms with van der Waals surface area (Å²) < 4.78 is 5.38. The molecule has 0 aromatic heterocycles. The molecule has 1 aliphatic rings. The minimum atomic E-state index is -0.584. The molecule has 0 aliphatic carbocycles. The Morgan fingerprint density at radius 1 is 1.26 bits per heavy atom. The summed E-state index contributed by atoms with van der Waals surface area (Å²) in [6.07, 6.45) is 0.816. The minimum absolute atomic E-state index is 0.0345. The summed E-state index contributed by atoms with van der Waals surface area (Å²) in [6.45, 7) is 11.7. The van der Waals surface area contributed by atoms with Crippen LogP contribution in [0.25, 0.3) is 0 Å². The summed E-state index contributed by atoms with van der Waals surface area (Å²) in [4.78, 5) is 30.5. The number of hydrogen-bond acceptors (Lipinski definition) is 5. The molecule has 2 amide bonds. The Morgan fingerprint density at radius 3 is 2.30 bits per heavy atom. The average Bonchev–Trinajstić information content (AvgIpc) is 2.77. The van der Waals surface area contributed by atoms with Gasteiger partial charge in [-0.3, -0.25) is 9.63 Å². The van der Waals surface area contributed by atoms with E-state index in [4.69, 9.17) is 9.57 Å². The molecule has 0 unspecified atom stereocenters. The van der Waals surface area contributed by atoms with Gasteiger partial charge >= 0.3 is 6.09 Å². The maximum atomic E-state index is 12.2. The second-order valence-corrected chi connectivity index (χ2v) is 7.98. The Balaban J connectivity index is 2.67. The molecule has 0 bridgehead atoms. The molecule has 134 valence electrons. The molecular formula is C16H30N2O5. The van der Waals surface area contributed by atoms with Crippen molar-refractivity contribution in [3.8, 4) is 0 Å². The van der Waals surface area contributed by atoms with Gasteiger partial charge in [0.05, 0.1) is 24.8 Å². The van der Waals surface area contributed by atoms with Crippen LogP contribution in [0.1, 0.15) is 48.0 Å². The van der Waals surface area contributed by atoms with Crippen molar-refractivity contribution in [2.45, 2.75) is 65.2 Å². The molecule has 0 spiro atoms. The number of aliphatic hydroxyl groups is 1. The van der Waals surface area contributed by atoms with Crippen molar-refractivity contribution in [1.29, 1.82) is 0 Å². The zero-order valence-corrected chi connectivity index (χ0v) is 15.0. The fourth-order valence-corrected chi connectivity index (χ4v) is 2.57. The molecule has 7 nitrogen and oxygen atoms in total. The lowest BCUT2D eigenvalue weighted by Gasteiger charge is -2.29. The van der Waals surface area contributed by atoms with Gasteiger partial charge in [-0.1, -0.05) is 0 Å². The SMILES string of the molecule is CC(C)(C)OC(=O)N1C[C@H](CN(C=O)OC(C)(C)C)C[C@@H]1CO. The first-order chi connectivity index (χ1) is 10.4. The number of aliphatic hydroxyl groups excluding tert-OH is 1. The fraction of sp³-hybridized carbons (Fsp3) is 0.875. The van der Waals surface area contributed by atoms with Gasteiger partial charge in [-0.2, -0.15) is 0 Å². The first kappa shape index (κ1) is 19.7. The molecule has 1 N–H and O–H groups in total. The average molecular weight is 330 g/mol. The Morgan fingerprint density at radius 2 is 1.87 bits per heavy atom. The van der Waals surface area contributed by atoms with Crippen LogP contribution in [0.15, 0.2) is 0 Å². The molecular weight excluding hydrogens is 300 g/mol. The van der Waals surface area contributed by atoms with Crippen LogP contribution in [0.5, 0.6) is 0 Å². The first-order valence-electron chi connectivity index (χ1n) is 7.96. The lowest BCUT2D eigenvalue weighted by molar-refractivity contribution is -0.219. The number of rotatable bonds is 5. The number of carbonyl (C=O) groups excluding carboxylic acids is 2. The second-order valence-electron chi connectivity index (χ2n) is 7.98. The van der Waals surface area contributed by atoms with Crippen LogP contribution in [0, 0.1) is 5.92 Å². The zero-order valence-electron chi connectivity index (χ0n) is 15.0. The van der Waals surface area contributed by atoms with Crippen molar-refractivity contribution >= 4 is 12.5 Å². The summed E-state index contributed by atoms with van der Waals surface area (Å²) >= 11 is 0. The summed E-state index contributed by atoms with van der Waals surface area (Å²) in [7, 11) is 0. The van der Waals surface area contributed by atoms with Gasteiger partial charge in [0.25, 0.3) is 0 Å². The van der Waals surface area contributed by atoms with E-state index >= 15 is 0 Å². The Kier molecular flexibility index (Phi) is 6.41.